The Morgan fingerprint density at radius 1 is 1.14 bits per heavy atom. The van der Waals surface area contributed by atoms with Crippen molar-refractivity contribution >= 4 is 27.3 Å². The van der Waals surface area contributed by atoms with Crippen LogP contribution < -0.4 is 10.0 Å². The van der Waals surface area contributed by atoms with Crippen LogP contribution in [0.2, 0.25) is 0 Å². The van der Waals surface area contributed by atoms with Gasteiger partial charge in [0.15, 0.2) is 0 Å². The van der Waals surface area contributed by atoms with E-state index in [1.807, 2.05) is 0 Å². The number of carbonyl (C=O) groups excluding carboxylic acids is 1. The molecule has 8 nitrogen and oxygen atoms in total. The molecule has 1 aliphatic rings. The summed E-state index contributed by atoms with van der Waals surface area (Å²) in [5.41, 5.74) is 1.82. The van der Waals surface area contributed by atoms with Gasteiger partial charge in [0, 0.05) is 29.8 Å². The fraction of sp³-hybridized carbons (Fsp3) is 0.316. The van der Waals surface area contributed by atoms with Crippen LogP contribution in [0.1, 0.15) is 36.9 Å². The summed E-state index contributed by atoms with van der Waals surface area (Å²) < 4.78 is 27.4. The molecule has 0 bridgehead atoms. The van der Waals surface area contributed by atoms with Crippen LogP contribution in [0.15, 0.2) is 48.5 Å². The van der Waals surface area contributed by atoms with E-state index in [-0.39, 0.29) is 23.3 Å². The highest BCUT2D eigenvalue weighted by atomic mass is 32.2. The van der Waals surface area contributed by atoms with E-state index in [1.165, 1.54) is 24.3 Å². The first kappa shape index (κ1) is 20.0. The first-order valence-electron chi connectivity index (χ1n) is 8.88. The average Bonchev–Trinajstić information content (AvgIpc) is 3.47. The second-order valence-corrected chi connectivity index (χ2v) is 8.66. The zero-order chi connectivity index (χ0) is 20.3. The maximum absolute atomic E-state index is 12.4. The molecule has 0 radical (unpaired) electrons. The fourth-order valence-corrected chi connectivity index (χ4v) is 4.15. The molecule has 2 N–H and O–H groups in total. The van der Waals surface area contributed by atoms with Gasteiger partial charge in [0.1, 0.15) is 0 Å². The van der Waals surface area contributed by atoms with E-state index in [1.54, 1.807) is 31.2 Å². The minimum absolute atomic E-state index is 0.0181. The number of benzene rings is 2. The molecule has 0 aromatic heterocycles. The van der Waals surface area contributed by atoms with Crippen LogP contribution in [0.25, 0.3) is 0 Å². The number of amides is 1. The molecule has 0 spiro atoms. The molecule has 9 heteroatoms. The number of rotatable bonds is 8. The first-order valence-corrected chi connectivity index (χ1v) is 10.5. The van der Waals surface area contributed by atoms with Gasteiger partial charge in [-0.05, 0) is 43.0 Å². The molecule has 2 aromatic rings. The third-order valence-corrected chi connectivity index (χ3v) is 5.91. The molecule has 148 valence electrons. The van der Waals surface area contributed by atoms with Gasteiger partial charge >= 0.3 is 0 Å². The SMILES string of the molecule is CC(NS(=O)(=O)Cc1ccc([N+](=O)[O-])cc1)c1ccc(NC(=O)C2CC2)cc1. The van der Waals surface area contributed by atoms with Gasteiger partial charge < -0.3 is 5.32 Å². The number of hydrogen-bond donors (Lipinski definition) is 2. The standard InChI is InChI=1S/C19H21N3O5S/c1-13(15-6-8-17(9-7-15)20-19(23)16-4-5-16)21-28(26,27)12-14-2-10-18(11-3-14)22(24)25/h2-3,6-11,13,16,21H,4-5,12H2,1H3,(H,20,23). The second-order valence-electron chi connectivity index (χ2n) is 6.91. The smallest absolute Gasteiger partial charge is 0.269 e. The minimum Gasteiger partial charge on any atom is -0.326 e. The summed E-state index contributed by atoms with van der Waals surface area (Å²) in [6.45, 7) is 1.73. The summed E-state index contributed by atoms with van der Waals surface area (Å²) in [6.07, 6.45) is 1.86. The molecular weight excluding hydrogens is 382 g/mol. The molecule has 1 fully saturated rings. The van der Waals surface area contributed by atoms with E-state index in [0.29, 0.717) is 11.3 Å². The lowest BCUT2D eigenvalue weighted by Gasteiger charge is -2.15. The Morgan fingerprint density at radius 3 is 2.29 bits per heavy atom. The second kappa shape index (κ2) is 8.07. The number of hydrogen-bond acceptors (Lipinski definition) is 5. The van der Waals surface area contributed by atoms with Gasteiger partial charge in [0.25, 0.3) is 5.69 Å². The normalized spacial score (nSPS) is 15.0. The number of nitrogens with zero attached hydrogens (tertiary/aromatic N) is 1. The third kappa shape index (κ3) is 5.37. The van der Waals surface area contributed by atoms with Crippen molar-refractivity contribution in [1.29, 1.82) is 0 Å². The Hall–Kier alpha value is -2.78. The van der Waals surface area contributed by atoms with Crippen molar-refractivity contribution in [3.63, 3.8) is 0 Å². The van der Waals surface area contributed by atoms with Crippen molar-refractivity contribution in [2.75, 3.05) is 5.32 Å². The highest BCUT2D eigenvalue weighted by Crippen LogP contribution is 2.30. The lowest BCUT2D eigenvalue weighted by atomic mass is 10.1. The van der Waals surface area contributed by atoms with Crippen LogP contribution in [-0.2, 0) is 20.6 Å². The number of nitro groups is 1. The summed E-state index contributed by atoms with van der Waals surface area (Å²) in [4.78, 5) is 21.9. The van der Waals surface area contributed by atoms with Crippen molar-refractivity contribution in [1.82, 2.24) is 4.72 Å². The van der Waals surface area contributed by atoms with Gasteiger partial charge in [-0.2, -0.15) is 0 Å². The Balaban J connectivity index is 1.59. The van der Waals surface area contributed by atoms with E-state index >= 15 is 0 Å². The van der Waals surface area contributed by atoms with Gasteiger partial charge in [-0.25, -0.2) is 13.1 Å². The van der Waals surface area contributed by atoms with Gasteiger partial charge in [0.05, 0.1) is 10.7 Å². The zero-order valence-corrected chi connectivity index (χ0v) is 16.1. The Labute approximate surface area is 163 Å². The monoisotopic (exact) mass is 403 g/mol. The number of anilines is 1. The molecule has 28 heavy (non-hydrogen) atoms. The van der Waals surface area contributed by atoms with Gasteiger partial charge in [-0.1, -0.05) is 24.3 Å². The average molecular weight is 403 g/mol. The van der Waals surface area contributed by atoms with Crippen molar-refractivity contribution < 1.29 is 18.1 Å². The zero-order valence-electron chi connectivity index (χ0n) is 15.3. The number of non-ortho nitro benzene ring substituents is 1. The maximum Gasteiger partial charge on any atom is 0.269 e. The summed E-state index contributed by atoms with van der Waals surface area (Å²) in [6, 6.07) is 12.0. The summed E-state index contributed by atoms with van der Waals surface area (Å²) in [7, 11) is -3.64. The Bertz CT molecular complexity index is 968. The van der Waals surface area contributed by atoms with Crippen LogP contribution >= 0.6 is 0 Å². The van der Waals surface area contributed by atoms with Crippen molar-refractivity contribution in [2.45, 2.75) is 31.6 Å². The summed E-state index contributed by atoms with van der Waals surface area (Å²) >= 11 is 0. The van der Waals surface area contributed by atoms with Crippen LogP contribution in [-0.4, -0.2) is 19.2 Å². The molecule has 1 atom stereocenters. The number of carbonyl (C=O) groups is 1. The molecule has 1 saturated carbocycles. The lowest BCUT2D eigenvalue weighted by molar-refractivity contribution is -0.384. The molecule has 2 aromatic carbocycles. The van der Waals surface area contributed by atoms with E-state index < -0.39 is 21.0 Å². The van der Waals surface area contributed by atoms with Crippen LogP contribution in [0, 0.1) is 16.0 Å². The van der Waals surface area contributed by atoms with Gasteiger partial charge in [0.2, 0.25) is 15.9 Å². The molecule has 0 heterocycles. The van der Waals surface area contributed by atoms with Gasteiger partial charge in [-0.3, -0.25) is 14.9 Å². The van der Waals surface area contributed by atoms with Crippen LogP contribution in [0.3, 0.4) is 0 Å². The highest BCUT2D eigenvalue weighted by molar-refractivity contribution is 7.88. The number of sulfonamides is 1. The lowest BCUT2D eigenvalue weighted by Crippen LogP contribution is -2.28. The molecular formula is C19H21N3O5S. The quantitative estimate of drug-likeness (QED) is 0.518. The maximum atomic E-state index is 12.4. The molecule has 3 rings (SSSR count). The van der Waals surface area contributed by atoms with E-state index in [2.05, 4.69) is 10.0 Å². The topological polar surface area (TPSA) is 118 Å². The molecule has 1 aliphatic carbocycles. The Kier molecular flexibility index (Phi) is 5.76. The van der Waals surface area contributed by atoms with E-state index in [9.17, 15) is 23.3 Å². The fourth-order valence-electron chi connectivity index (χ4n) is 2.76. The third-order valence-electron chi connectivity index (χ3n) is 4.49. The summed E-state index contributed by atoms with van der Waals surface area (Å²) in [5.74, 6) is -0.139. The van der Waals surface area contributed by atoms with E-state index in [4.69, 9.17) is 0 Å². The molecule has 1 unspecified atom stereocenters. The van der Waals surface area contributed by atoms with Crippen LogP contribution in [0.4, 0.5) is 11.4 Å². The highest BCUT2D eigenvalue weighted by Gasteiger charge is 2.29. The Morgan fingerprint density at radius 2 is 1.75 bits per heavy atom. The molecule has 0 saturated heterocycles. The molecule has 0 aliphatic heterocycles. The molecule has 1 amide bonds. The first-order chi connectivity index (χ1) is 13.2. The van der Waals surface area contributed by atoms with E-state index in [0.717, 1.165) is 18.4 Å². The van der Waals surface area contributed by atoms with Crippen LogP contribution in [0.5, 0.6) is 0 Å². The summed E-state index contributed by atoms with van der Waals surface area (Å²) in [5, 5.41) is 13.5. The van der Waals surface area contributed by atoms with Crippen molar-refractivity contribution in [2.24, 2.45) is 5.92 Å². The predicted molar refractivity (Wildman–Crippen MR) is 105 cm³/mol. The van der Waals surface area contributed by atoms with Crippen molar-refractivity contribution in [3.05, 3.63) is 69.8 Å². The number of nitro benzene ring substituents is 1. The minimum atomic E-state index is -3.64. The largest absolute Gasteiger partial charge is 0.326 e. The van der Waals surface area contributed by atoms with Crippen molar-refractivity contribution in [3.8, 4) is 0 Å². The number of nitrogens with one attached hydrogen (secondary N) is 2. The predicted octanol–water partition coefficient (Wildman–Crippen LogP) is 3.12. The van der Waals surface area contributed by atoms with Gasteiger partial charge in [-0.15, -0.1) is 0 Å².